The Balaban J connectivity index is 1.89. The molecule has 0 radical (unpaired) electrons. The average molecular weight is 320 g/mol. The predicted octanol–water partition coefficient (Wildman–Crippen LogP) is 3.32. The first-order chi connectivity index (χ1) is 10.6. The van der Waals surface area contributed by atoms with Crippen LogP contribution in [0.25, 0.3) is 0 Å². The standard InChI is InChI=1S/C16H18ClN3O2/c1-10-18-15(17)8-16(19-10)20(12-4-5-12)9-11-3-6-13(21)14(7-11)22-2/h3,6-8,12,21H,4-5,9H2,1-2H3. The van der Waals surface area contributed by atoms with Gasteiger partial charge in [0.05, 0.1) is 7.11 Å². The maximum atomic E-state index is 9.70. The first kappa shape index (κ1) is 14.9. The monoisotopic (exact) mass is 319 g/mol. The molecule has 1 saturated carbocycles. The normalized spacial score (nSPS) is 14.0. The molecule has 22 heavy (non-hydrogen) atoms. The van der Waals surface area contributed by atoms with Gasteiger partial charge in [-0.1, -0.05) is 17.7 Å². The van der Waals surface area contributed by atoms with Crippen LogP contribution in [0.5, 0.6) is 11.5 Å². The van der Waals surface area contributed by atoms with E-state index in [2.05, 4.69) is 14.9 Å². The summed E-state index contributed by atoms with van der Waals surface area (Å²) in [6.45, 7) is 2.53. The summed E-state index contributed by atoms with van der Waals surface area (Å²) in [5.74, 6) is 2.12. The summed E-state index contributed by atoms with van der Waals surface area (Å²) < 4.78 is 5.17. The molecule has 5 nitrogen and oxygen atoms in total. The van der Waals surface area contributed by atoms with Crippen LogP contribution in [0.2, 0.25) is 5.15 Å². The van der Waals surface area contributed by atoms with E-state index in [1.807, 2.05) is 19.1 Å². The van der Waals surface area contributed by atoms with E-state index in [1.165, 1.54) is 0 Å². The highest BCUT2D eigenvalue weighted by atomic mass is 35.5. The van der Waals surface area contributed by atoms with Gasteiger partial charge in [0.2, 0.25) is 0 Å². The van der Waals surface area contributed by atoms with Gasteiger partial charge in [-0.2, -0.15) is 0 Å². The summed E-state index contributed by atoms with van der Waals surface area (Å²) in [6.07, 6.45) is 2.30. The Labute approximate surface area is 134 Å². The number of phenols is 1. The Morgan fingerprint density at radius 2 is 2.09 bits per heavy atom. The van der Waals surface area contributed by atoms with Gasteiger partial charge in [0.15, 0.2) is 11.5 Å². The number of anilines is 1. The van der Waals surface area contributed by atoms with E-state index in [1.54, 1.807) is 19.2 Å². The minimum absolute atomic E-state index is 0.144. The van der Waals surface area contributed by atoms with Gasteiger partial charge < -0.3 is 14.7 Å². The Morgan fingerprint density at radius 3 is 2.73 bits per heavy atom. The fourth-order valence-electron chi connectivity index (χ4n) is 2.46. The summed E-state index contributed by atoms with van der Waals surface area (Å²) in [4.78, 5) is 10.8. The molecule has 0 unspecified atom stereocenters. The van der Waals surface area contributed by atoms with Gasteiger partial charge in [-0.15, -0.1) is 0 Å². The predicted molar refractivity (Wildman–Crippen MR) is 85.6 cm³/mol. The maximum absolute atomic E-state index is 9.70. The number of rotatable bonds is 5. The number of ether oxygens (including phenoxy) is 1. The van der Waals surface area contributed by atoms with Gasteiger partial charge in [-0.3, -0.25) is 0 Å². The zero-order valence-electron chi connectivity index (χ0n) is 12.6. The summed E-state index contributed by atoms with van der Waals surface area (Å²) in [7, 11) is 1.55. The highest BCUT2D eigenvalue weighted by Crippen LogP contribution is 2.34. The molecule has 0 aliphatic heterocycles. The molecule has 1 heterocycles. The van der Waals surface area contributed by atoms with Crippen LogP contribution in [0.1, 0.15) is 24.2 Å². The fraction of sp³-hybridized carbons (Fsp3) is 0.375. The smallest absolute Gasteiger partial charge is 0.160 e. The molecule has 1 fully saturated rings. The fourth-order valence-corrected chi connectivity index (χ4v) is 2.68. The van der Waals surface area contributed by atoms with Crippen molar-refractivity contribution in [3.05, 3.63) is 40.8 Å². The molecular weight excluding hydrogens is 302 g/mol. The van der Waals surface area contributed by atoms with Crippen LogP contribution in [0, 0.1) is 6.92 Å². The lowest BCUT2D eigenvalue weighted by Crippen LogP contribution is -2.26. The molecule has 1 aliphatic carbocycles. The lowest BCUT2D eigenvalue weighted by Gasteiger charge is -2.24. The first-order valence-electron chi connectivity index (χ1n) is 7.20. The van der Waals surface area contributed by atoms with Gasteiger partial charge in [-0.05, 0) is 37.5 Å². The van der Waals surface area contributed by atoms with E-state index >= 15 is 0 Å². The third-order valence-corrected chi connectivity index (χ3v) is 3.87. The van der Waals surface area contributed by atoms with Gasteiger partial charge in [0, 0.05) is 18.7 Å². The number of aromatic nitrogens is 2. The number of methoxy groups -OCH3 is 1. The summed E-state index contributed by atoms with van der Waals surface area (Å²) in [5, 5.41) is 10.2. The topological polar surface area (TPSA) is 58.5 Å². The molecule has 0 atom stereocenters. The van der Waals surface area contributed by atoms with Gasteiger partial charge in [0.1, 0.15) is 16.8 Å². The summed E-state index contributed by atoms with van der Waals surface area (Å²) in [5.41, 5.74) is 1.05. The van der Waals surface area contributed by atoms with Gasteiger partial charge in [0.25, 0.3) is 0 Å². The highest BCUT2D eigenvalue weighted by molar-refractivity contribution is 6.29. The van der Waals surface area contributed by atoms with Gasteiger partial charge in [-0.25, -0.2) is 9.97 Å². The molecule has 0 spiro atoms. The van der Waals surface area contributed by atoms with Crippen LogP contribution < -0.4 is 9.64 Å². The molecule has 1 aliphatic rings. The second-order valence-corrected chi connectivity index (χ2v) is 5.85. The number of phenolic OH excluding ortho intramolecular Hbond substituents is 1. The Morgan fingerprint density at radius 1 is 1.32 bits per heavy atom. The van der Waals surface area contributed by atoms with Crippen LogP contribution in [0.4, 0.5) is 5.82 Å². The number of halogens is 1. The number of hydrogen-bond donors (Lipinski definition) is 1. The minimum atomic E-state index is 0.144. The molecular formula is C16H18ClN3O2. The van der Waals surface area contributed by atoms with Gasteiger partial charge >= 0.3 is 0 Å². The summed E-state index contributed by atoms with van der Waals surface area (Å²) in [6, 6.07) is 7.66. The van der Waals surface area contributed by atoms with Crippen LogP contribution in [0.3, 0.4) is 0 Å². The van der Waals surface area contributed by atoms with E-state index in [0.717, 1.165) is 24.2 Å². The van der Waals surface area contributed by atoms with Crippen LogP contribution in [0.15, 0.2) is 24.3 Å². The molecule has 116 valence electrons. The van der Waals surface area contributed by atoms with E-state index in [4.69, 9.17) is 16.3 Å². The van der Waals surface area contributed by atoms with E-state index < -0.39 is 0 Å². The SMILES string of the molecule is COc1cc(CN(c2cc(Cl)nc(C)n2)C2CC2)ccc1O. The lowest BCUT2D eigenvalue weighted by molar-refractivity contribution is 0.373. The first-order valence-corrected chi connectivity index (χ1v) is 7.58. The second-order valence-electron chi connectivity index (χ2n) is 5.46. The number of aryl methyl sites for hydroxylation is 1. The van der Waals surface area contributed by atoms with E-state index in [9.17, 15) is 5.11 Å². The van der Waals surface area contributed by atoms with Crippen LogP contribution in [-0.2, 0) is 6.54 Å². The molecule has 3 rings (SSSR count). The van der Waals surface area contributed by atoms with Crippen molar-refractivity contribution in [3.63, 3.8) is 0 Å². The molecule has 1 aromatic heterocycles. The van der Waals surface area contributed by atoms with Crippen molar-refractivity contribution in [3.8, 4) is 11.5 Å². The largest absolute Gasteiger partial charge is 0.504 e. The third-order valence-electron chi connectivity index (χ3n) is 3.67. The quantitative estimate of drug-likeness (QED) is 0.857. The molecule has 6 heteroatoms. The maximum Gasteiger partial charge on any atom is 0.160 e. The Bertz CT molecular complexity index is 669. The average Bonchev–Trinajstić information content (AvgIpc) is 3.29. The zero-order valence-corrected chi connectivity index (χ0v) is 13.3. The van der Waals surface area contributed by atoms with E-state index in [-0.39, 0.29) is 5.75 Å². The number of hydrogen-bond acceptors (Lipinski definition) is 5. The molecule has 0 saturated heterocycles. The van der Waals surface area contributed by atoms with Crippen LogP contribution >= 0.6 is 11.6 Å². The van der Waals surface area contributed by atoms with Crippen molar-refractivity contribution in [2.45, 2.75) is 32.4 Å². The second kappa shape index (κ2) is 6.01. The van der Waals surface area contributed by atoms with Crippen molar-refractivity contribution >= 4 is 17.4 Å². The molecule has 0 bridgehead atoms. The number of nitrogens with zero attached hydrogens (tertiary/aromatic N) is 3. The third kappa shape index (κ3) is 3.25. The molecule has 1 N–H and O–H groups in total. The van der Waals surface area contributed by atoms with Crippen molar-refractivity contribution in [1.82, 2.24) is 9.97 Å². The summed E-state index contributed by atoms with van der Waals surface area (Å²) >= 11 is 6.06. The van der Waals surface area contributed by atoms with Crippen molar-refractivity contribution in [2.75, 3.05) is 12.0 Å². The Kier molecular flexibility index (Phi) is 4.07. The lowest BCUT2D eigenvalue weighted by atomic mass is 10.2. The van der Waals surface area contributed by atoms with Crippen molar-refractivity contribution in [2.24, 2.45) is 0 Å². The number of aromatic hydroxyl groups is 1. The Hall–Kier alpha value is -2.01. The highest BCUT2D eigenvalue weighted by Gasteiger charge is 2.30. The number of benzene rings is 1. The molecule has 1 aromatic carbocycles. The van der Waals surface area contributed by atoms with E-state index in [0.29, 0.717) is 29.3 Å². The van der Waals surface area contributed by atoms with Crippen molar-refractivity contribution in [1.29, 1.82) is 0 Å². The minimum Gasteiger partial charge on any atom is -0.504 e. The molecule has 0 amide bonds. The van der Waals surface area contributed by atoms with Crippen LogP contribution in [-0.4, -0.2) is 28.2 Å². The molecule has 2 aromatic rings. The zero-order chi connectivity index (χ0) is 15.7. The van der Waals surface area contributed by atoms with Crippen molar-refractivity contribution < 1.29 is 9.84 Å².